The van der Waals surface area contributed by atoms with Crippen LogP contribution in [0.2, 0.25) is 0 Å². The first kappa shape index (κ1) is 15.5. The third kappa shape index (κ3) is 3.36. The summed E-state index contributed by atoms with van der Waals surface area (Å²) in [4.78, 5) is 13.2. The van der Waals surface area contributed by atoms with Crippen LogP contribution in [0.15, 0.2) is 36.5 Å². The summed E-state index contributed by atoms with van der Waals surface area (Å²) in [5, 5.41) is 0. The largest absolute Gasteiger partial charge is 0.262 e. The lowest BCUT2D eigenvalue weighted by atomic mass is 9.91. The van der Waals surface area contributed by atoms with E-state index >= 15 is 0 Å². The number of aryl methyl sites for hydroxylation is 1. The predicted octanol–water partition coefficient (Wildman–Crippen LogP) is 4.36. The maximum absolute atomic E-state index is 14.5. The highest BCUT2D eigenvalue weighted by Crippen LogP contribution is 2.24. The number of nitrogens with zero attached hydrogens (tertiary/aromatic N) is 3. The van der Waals surface area contributed by atoms with Crippen molar-refractivity contribution in [3.05, 3.63) is 65.0 Å². The summed E-state index contributed by atoms with van der Waals surface area (Å²) in [6, 6.07) is 9.18. The highest BCUT2D eigenvalue weighted by atomic mass is 19.1. The molecule has 0 atom stereocenters. The molecule has 0 saturated heterocycles. The second kappa shape index (κ2) is 5.69. The van der Waals surface area contributed by atoms with Crippen molar-refractivity contribution in [1.29, 1.82) is 0 Å². The molecule has 23 heavy (non-hydrogen) atoms. The molecule has 4 heteroatoms. The van der Waals surface area contributed by atoms with Crippen LogP contribution in [0.3, 0.4) is 0 Å². The van der Waals surface area contributed by atoms with E-state index in [4.69, 9.17) is 0 Å². The number of hydrogen-bond acceptors (Lipinski definition) is 3. The van der Waals surface area contributed by atoms with Crippen molar-refractivity contribution >= 4 is 11.0 Å². The molecule has 0 aromatic carbocycles. The molecule has 3 heterocycles. The Morgan fingerprint density at radius 2 is 1.83 bits per heavy atom. The van der Waals surface area contributed by atoms with Gasteiger partial charge in [0.1, 0.15) is 5.52 Å². The molecule has 118 valence electrons. The molecule has 3 aromatic heterocycles. The maximum Gasteiger partial charge on any atom is 0.152 e. The van der Waals surface area contributed by atoms with E-state index in [0.717, 1.165) is 17.0 Å². The summed E-state index contributed by atoms with van der Waals surface area (Å²) in [6.45, 7) is 8.13. The molecule has 0 radical (unpaired) electrons. The van der Waals surface area contributed by atoms with Crippen molar-refractivity contribution in [2.45, 2.75) is 39.5 Å². The van der Waals surface area contributed by atoms with Gasteiger partial charge in [-0.15, -0.1) is 0 Å². The Kier molecular flexibility index (Phi) is 3.84. The Morgan fingerprint density at radius 1 is 1.04 bits per heavy atom. The van der Waals surface area contributed by atoms with Crippen molar-refractivity contribution in [1.82, 2.24) is 15.0 Å². The van der Waals surface area contributed by atoms with Gasteiger partial charge in [0.2, 0.25) is 0 Å². The van der Waals surface area contributed by atoms with Gasteiger partial charge in [0, 0.05) is 35.1 Å². The van der Waals surface area contributed by atoms with Crippen LogP contribution in [0.5, 0.6) is 0 Å². The number of halogens is 1. The van der Waals surface area contributed by atoms with Crippen LogP contribution in [-0.4, -0.2) is 15.0 Å². The van der Waals surface area contributed by atoms with Crippen LogP contribution in [-0.2, 0) is 11.8 Å². The minimum Gasteiger partial charge on any atom is -0.262 e. The van der Waals surface area contributed by atoms with Gasteiger partial charge in [-0.25, -0.2) is 9.37 Å². The zero-order chi connectivity index (χ0) is 16.6. The van der Waals surface area contributed by atoms with E-state index in [1.165, 1.54) is 6.07 Å². The Morgan fingerprint density at radius 3 is 2.52 bits per heavy atom. The fourth-order valence-corrected chi connectivity index (χ4v) is 2.55. The number of rotatable bonds is 2. The van der Waals surface area contributed by atoms with E-state index < -0.39 is 0 Å². The van der Waals surface area contributed by atoms with E-state index in [9.17, 15) is 4.39 Å². The first-order valence-corrected chi connectivity index (χ1v) is 7.71. The Balaban J connectivity index is 2.01. The van der Waals surface area contributed by atoms with Gasteiger partial charge in [0.15, 0.2) is 5.82 Å². The number of hydrogen-bond donors (Lipinski definition) is 0. The van der Waals surface area contributed by atoms with Crippen LogP contribution < -0.4 is 0 Å². The normalized spacial score (nSPS) is 11.9. The smallest absolute Gasteiger partial charge is 0.152 e. The average molecular weight is 309 g/mol. The molecule has 0 fully saturated rings. The van der Waals surface area contributed by atoms with Crippen LogP contribution in [0.1, 0.15) is 43.4 Å². The zero-order valence-electron chi connectivity index (χ0n) is 13.9. The summed E-state index contributed by atoms with van der Waals surface area (Å²) in [5.74, 6) is -0.318. The summed E-state index contributed by atoms with van der Waals surface area (Å²) in [6.07, 6.45) is 2.34. The minimum absolute atomic E-state index is 0.117. The Hall–Kier alpha value is -2.36. The van der Waals surface area contributed by atoms with Gasteiger partial charge >= 0.3 is 0 Å². The molecule has 3 nitrogen and oxygen atoms in total. The van der Waals surface area contributed by atoms with Gasteiger partial charge in [-0.05, 0) is 42.8 Å². The Bertz CT molecular complexity index is 866. The summed E-state index contributed by atoms with van der Waals surface area (Å²) >= 11 is 0. The van der Waals surface area contributed by atoms with Gasteiger partial charge in [0.05, 0.1) is 5.52 Å². The standard InChI is InChI=1S/C19H20FN3/c1-12-9-13(7-8-21-12)10-14-11-15(20)18-16(22-14)5-6-17(23-18)19(2,3)4/h5-9,11H,10H2,1-4H3. The molecular weight excluding hydrogens is 289 g/mol. The summed E-state index contributed by atoms with van der Waals surface area (Å²) < 4.78 is 14.5. The molecule has 3 aromatic rings. The number of aromatic nitrogens is 3. The van der Waals surface area contributed by atoms with Crippen molar-refractivity contribution < 1.29 is 4.39 Å². The second-order valence-electron chi connectivity index (χ2n) is 6.89. The van der Waals surface area contributed by atoms with E-state index in [0.29, 0.717) is 23.1 Å². The van der Waals surface area contributed by atoms with E-state index in [1.54, 1.807) is 6.20 Å². The lowest BCUT2D eigenvalue weighted by molar-refractivity contribution is 0.568. The van der Waals surface area contributed by atoms with Gasteiger partial charge < -0.3 is 0 Å². The van der Waals surface area contributed by atoms with Crippen molar-refractivity contribution in [3.8, 4) is 0 Å². The predicted molar refractivity (Wildman–Crippen MR) is 90.0 cm³/mol. The fraction of sp³-hybridized carbons (Fsp3) is 0.316. The topological polar surface area (TPSA) is 38.7 Å². The average Bonchev–Trinajstić information content (AvgIpc) is 2.46. The molecule has 0 saturated carbocycles. The monoisotopic (exact) mass is 309 g/mol. The summed E-state index contributed by atoms with van der Waals surface area (Å²) in [7, 11) is 0. The third-order valence-electron chi connectivity index (χ3n) is 3.77. The molecule has 3 rings (SSSR count). The zero-order valence-corrected chi connectivity index (χ0v) is 13.9. The minimum atomic E-state index is -0.318. The van der Waals surface area contributed by atoms with Crippen molar-refractivity contribution in [3.63, 3.8) is 0 Å². The molecule has 0 aliphatic rings. The highest BCUT2D eigenvalue weighted by Gasteiger charge is 2.17. The fourth-order valence-electron chi connectivity index (χ4n) is 2.55. The Labute approximate surface area is 135 Å². The summed E-state index contributed by atoms with van der Waals surface area (Å²) in [5.41, 5.74) is 4.40. The third-order valence-corrected chi connectivity index (χ3v) is 3.77. The van der Waals surface area contributed by atoms with E-state index in [-0.39, 0.29) is 11.2 Å². The number of pyridine rings is 3. The first-order valence-electron chi connectivity index (χ1n) is 7.71. The van der Waals surface area contributed by atoms with E-state index in [2.05, 4.69) is 35.7 Å². The first-order chi connectivity index (χ1) is 10.8. The molecule has 0 unspecified atom stereocenters. The molecule has 0 aliphatic heterocycles. The lowest BCUT2D eigenvalue weighted by Gasteiger charge is -2.18. The quantitative estimate of drug-likeness (QED) is 0.706. The van der Waals surface area contributed by atoms with Crippen LogP contribution in [0.4, 0.5) is 4.39 Å². The molecule has 0 aliphatic carbocycles. The van der Waals surface area contributed by atoms with Gasteiger partial charge in [-0.2, -0.15) is 0 Å². The van der Waals surface area contributed by atoms with Crippen LogP contribution in [0.25, 0.3) is 11.0 Å². The molecule has 0 N–H and O–H groups in total. The lowest BCUT2D eigenvalue weighted by Crippen LogP contribution is -2.13. The number of fused-ring (bicyclic) bond motifs is 1. The van der Waals surface area contributed by atoms with Gasteiger partial charge in [0.25, 0.3) is 0 Å². The van der Waals surface area contributed by atoms with Crippen LogP contribution in [0, 0.1) is 12.7 Å². The maximum atomic E-state index is 14.5. The highest BCUT2D eigenvalue weighted by molar-refractivity contribution is 5.75. The molecule has 0 bridgehead atoms. The van der Waals surface area contributed by atoms with Crippen molar-refractivity contribution in [2.75, 3.05) is 0 Å². The van der Waals surface area contributed by atoms with E-state index in [1.807, 2.05) is 31.2 Å². The van der Waals surface area contributed by atoms with Gasteiger partial charge in [-0.1, -0.05) is 20.8 Å². The second-order valence-corrected chi connectivity index (χ2v) is 6.89. The molecular formula is C19H20FN3. The van der Waals surface area contributed by atoms with Crippen LogP contribution >= 0.6 is 0 Å². The molecule has 0 amide bonds. The SMILES string of the molecule is Cc1cc(Cc2cc(F)c3nc(C(C)(C)C)ccc3n2)ccn1. The van der Waals surface area contributed by atoms with Crippen molar-refractivity contribution in [2.24, 2.45) is 0 Å². The van der Waals surface area contributed by atoms with Gasteiger partial charge in [-0.3, -0.25) is 9.97 Å². The molecule has 0 spiro atoms.